The number of guanidine groups is 1. The van der Waals surface area contributed by atoms with Crippen LogP contribution in [0.15, 0.2) is 47.6 Å². The van der Waals surface area contributed by atoms with Gasteiger partial charge in [-0.2, -0.15) is 0 Å². The first-order valence-corrected chi connectivity index (χ1v) is 7.48. The highest BCUT2D eigenvalue weighted by Gasteiger charge is 2.05. The molecule has 1 heterocycles. The zero-order valence-corrected chi connectivity index (χ0v) is 13.3. The van der Waals surface area contributed by atoms with Crippen LogP contribution >= 0.6 is 0 Å². The van der Waals surface area contributed by atoms with Crippen LogP contribution in [0.4, 0.5) is 4.39 Å². The van der Waals surface area contributed by atoms with Gasteiger partial charge in [0.15, 0.2) is 17.5 Å². The molecule has 23 heavy (non-hydrogen) atoms. The quantitative estimate of drug-likeness (QED) is 0.635. The summed E-state index contributed by atoms with van der Waals surface area (Å²) in [7, 11) is 1.69. The molecule has 0 fully saturated rings. The topological polar surface area (TPSA) is 58.5 Å². The molecule has 0 atom stereocenters. The molecule has 2 rings (SSSR count). The number of aliphatic imine (C=N–C) groups is 1. The van der Waals surface area contributed by atoms with Crippen molar-refractivity contribution in [2.45, 2.75) is 20.0 Å². The van der Waals surface area contributed by atoms with Crippen LogP contribution in [0.5, 0.6) is 5.75 Å². The molecule has 0 aliphatic rings. The van der Waals surface area contributed by atoms with Crippen molar-refractivity contribution in [2.75, 3.05) is 13.7 Å². The van der Waals surface area contributed by atoms with E-state index in [4.69, 9.17) is 4.74 Å². The first kappa shape index (κ1) is 16.7. The summed E-state index contributed by atoms with van der Waals surface area (Å²) in [5.74, 6) is 0.543. The van der Waals surface area contributed by atoms with Gasteiger partial charge in [-0.25, -0.2) is 4.39 Å². The van der Waals surface area contributed by atoms with Crippen molar-refractivity contribution in [3.63, 3.8) is 0 Å². The molecule has 0 spiro atoms. The summed E-state index contributed by atoms with van der Waals surface area (Å²) < 4.78 is 19.0. The molecular weight excluding hydrogens is 295 g/mol. The van der Waals surface area contributed by atoms with Crippen LogP contribution in [0.1, 0.15) is 18.2 Å². The second-order valence-corrected chi connectivity index (χ2v) is 4.80. The van der Waals surface area contributed by atoms with Gasteiger partial charge in [-0.1, -0.05) is 12.1 Å². The minimum absolute atomic E-state index is 0.272. The molecule has 0 saturated carbocycles. The average molecular weight is 316 g/mol. The van der Waals surface area contributed by atoms with Crippen LogP contribution in [0.3, 0.4) is 0 Å². The number of halogens is 1. The van der Waals surface area contributed by atoms with Crippen molar-refractivity contribution >= 4 is 5.96 Å². The summed E-state index contributed by atoms with van der Waals surface area (Å²) in [6.45, 7) is 3.30. The molecule has 2 aromatic rings. The Kier molecular flexibility index (Phi) is 6.35. The lowest BCUT2D eigenvalue weighted by atomic mass is 10.2. The molecule has 0 aliphatic carbocycles. The summed E-state index contributed by atoms with van der Waals surface area (Å²) in [5, 5.41) is 6.30. The summed E-state index contributed by atoms with van der Waals surface area (Å²) in [6, 6.07) is 10.7. The van der Waals surface area contributed by atoms with E-state index in [9.17, 15) is 4.39 Å². The Labute approximate surface area is 135 Å². The summed E-state index contributed by atoms with van der Waals surface area (Å²) in [5.41, 5.74) is 1.73. The van der Waals surface area contributed by atoms with Gasteiger partial charge in [-0.15, -0.1) is 0 Å². The number of hydrogen-bond acceptors (Lipinski definition) is 3. The van der Waals surface area contributed by atoms with Gasteiger partial charge in [-0.05, 0) is 36.8 Å². The van der Waals surface area contributed by atoms with Crippen molar-refractivity contribution in [2.24, 2.45) is 4.99 Å². The van der Waals surface area contributed by atoms with E-state index in [0.717, 1.165) is 11.3 Å². The zero-order chi connectivity index (χ0) is 16.5. The molecule has 1 aromatic carbocycles. The lowest BCUT2D eigenvalue weighted by molar-refractivity contribution is 0.321. The normalized spacial score (nSPS) is 11.2. The summed E-state index contributed by atoms with van der Waals surface area (Å²) in [4.78, 5) is 8.37. The number of pyridine rings is 1. The largest absolute Gasteiger partial charge is 0.491 e. The van der Waals surface area contributed by atoms with Crippen molar-refractivity contribution in [1.82, 2.24) is 15.6 Å². The molecule has 6 heteroatoms. The van der Waals surface area contributed by atoms with E-state index in [1.54, 1.807) is 19.3 Å². The predicted octanol–water partition coefficient (Wildman–Crippen LogP) is 2.48. The van der Waals surface area contributed by atoms with E-state index < -0.39 is 0 Å². The minimum Gasteiger partial charge on any atom is -0.491 e. The summed E-state index contributed by atoms with van der Waals surface area (Å²) >= 11 is 0. The maximum Gasteiger partial charge on any atom is 0.191 e. The number of hydrogen-bond donors (Lipinski definition) is 2. The maximum absolute atomic E-state index is 13.8. The van der Waals surface area contributed by atoms with Crippen LogP contribution in [0.2, 0.25) is 0 Å². The lowest BCUT2D eigenvalue weighted by Gasteiger charge is -2.12. The van der Waals surface area contributed by atoms with Gasteiger partial charge in [0.05, 0.1) is 18.8 Å². The second-order valence-electron chi connectivity index (χ2n) is 4.80. The Hall–Kier alpha value is -2.63. The highest BCUT2D eigenvalue weighted by molar-refractivity contribution is 5.79. The monoisotopic (exact) mass is 316 g/mol. The van der Waals surface area contributed by atoms with E-state index in [2.05, 4.69) is 20.6 Å². The second kappa shape index (κ2) is 8.73. The first-order valence-electron chi connectivity index (χ1n) is 7.48. The van der Waals surface area contributed by atoms with Crippen molar-refractivity contribution in [3.05, 3.63) is 59.7 Å². The number of nitrogens with zero attached hydrogens (tertiary/aromatic N) is 2. The molecule has 0 amide bonds. The Morgan fingerprint density at radius 2 is 2.04 bits per heavy atom. The van der Waals surface area contributed by atoms with Crippen LogP contribution in [-0.4, -0.2) is 24.6 Å². The number of nitrogens with one attached hydrogen (secondary N) is 2. The number of benzene rings is 1. The molecule has 0 aliphatic heterocycles. The van der Waals surface area contributed by atoms with E-state index in [1.165, 1.54) is 6.07 Å². The molecular formula is C17H21FN4O. The fraction of sp³-hybridized carbons (Fsp3) is 0.294. The lowest BCUT2D eigenvalue weighted by Crippen LogP contribution is -2.36. The molecule has 122 valence electrons. The van der Waals surface area contributed by atoms with Crippen molar-refractivity contribution < 1.29 is 9.13 Å². The molecule has 5 nitrogen and oxygen atoms in total. The third-order valence-electron chi connectivity index (χ3n) is 3.14. The fourth-order valence-electron chi connectivity index (χ4n) is 2.01. The third kappa shape index (κ3) is 5.25. The SMILES string of the molecule is CCOc1ccc(CNC(=NC)NCc2ccccn2)cc1F. The predicted molar refractivity (Wildman–Crippen MR) is 88.8 cm³/mol. The fourth-order valence-corrected chi connectivity index (χ4v) is 2.01. The van der Waals surface area contributed by atoms with Gasteiger partial charge in [0.1, 0.15) is 0 Å². The Bertz CT molecular complexity index is 646. The Balaban J connectivity index is 1.87. The highest BCUT2D eigenvalue weighted by atomic mass is 19.1. The number of rotatable bonds is 6. The number of aromatic nitrogens is 1. The van der Waals surface area contributed by atoms with Gasteiger partial charge >= 0.3 is 0 Å². The van der Waals surface area contributed by atoms with Gasteiger partial charge in [0, 0.05) is 19.8 Å². The first-order chi connectivity index (χ1) is 11.2. The van der Waals surface area contributed by atoms with E-state index in [-0.39, 0.29) is 11.6 Å². The molecule has 0 saturated heterocycles. The molecule has 0 unspecified atom stereocenters. The van der Waals surface area contributed by atoms with Crippen LogP contribution in [-0.2, 0) is 13.1 Å². The highest BCUT2D eigenvalue weighted by Crippen LogP contribution is 2.18. The third-order valence-corrected chi connectivity index (χ3v) is 3.14. The van der Waals surface area contributed by atoms with Crippen molar-refractivity contribution in [1.29, 1.82) is 0 Å². The molecule has 0 bridgehead atoms. The molecule has 0 radical (unpaired) electrons. The Morgan fingerprint density at radius 1 is 1.22 bits per heavy atom. The maximum atomic E-state index is 13.8. The van der Waals surface area contributed by atoms with Crippen molar-refractivity contribution in [3.8, 4) is 5.75 Å². The number of ether oxygens (including phenoxy) is 1. The van der Waals surface area contributed by atoms with Crippen LogP contribution in [0.25, 0.3) is 0 Å². The average Bonchev–Trinajstić information content (AvgIpc) is 2.58. The van der Waals surface area contributed by atoms with Gasteiger partial charge < -0.3 is 15.4 Å². The standard InChI is InChI=1S/C17H21FN4O/c1-3-23-16-8-7-13(10-15(16)18)11-21-17(19-2)22-12-14-6-4-5-9-20-14/h4-10H,3,11-12H2,1-2H3,(H2,19,21,22). The van der Waals surface area contributed by atoms with E-state index in [0.29, 0.717) is 25.7 Å². The van der Waals surface area contributed by atoms with Crippen LogP contribution in [0, 0.1) is 5.82 Å². The van der Waals surface area contributed by atoms with Gasteiger partial charge in [0.2, 0.25) is 0 Å². The van der Waals surface area contributed by atoms with Gasteiger partial charge in [0.25, 0.3) is 0 Å². The van der Waals surface area contributed by atoms with E-state index in [1.807, 2.05) is 31.2 Å². The molecule has 1 aromatic heterocycles. The van der Waals surface area contributed by atoms with E-state index >= 15 is 0 Å². The molecule has 2 N–H and O–H groups in total. The smallest absolute Gasteiger partial charge is 0.191 e. The zero-order valence-electron chi connectivity index (χ0n) is 13.3. The van der Waals surface area contributed by atoms with Crippen LogP contribution < -0.4 is 15.4 Å². The van der Waals surface area contributed by atoms with Gasteiger partial charge in [-0.3, -0.25) is 9.98 Å². The Morgan fingerprint density at radius 3 is 2.70 bits per heavy atom. The summed E-state index contributed by atoms with van der Waals surface area (Å²) in [6.07, 6.45) is 1.75. The minimum atomic E-state index is -0.359.